The first kappa shape index (κ1) is 31.8. The van der Waals surface area contributed by atoms with Crippen LogP contribution in [0.15, 0.2) is 30.5 Å². The molecule has 1 heterocycles. The van der Waals surface area contributed by atoms with E-state index in [-0.39, 0.29) is 19.3 Å². The fourth-order valence-electron chi connectivity index (χ4n) is 4.06. The van der Waals surface area contributed by atoms with E-state index in [9.17, 15) is 33.9 Å². The first-order valence-electron chi connectivity index (χ1n) is 12.8. The molecule has 0 aliphatic rings. The summed E-state index contributed by atoms with van der Waals surface area (Å²) >= 11 is 0. The number of aromatic nitrogens is 1. The van der Waals surface area contributed by atoms with Gasteiger partial charge in [-0.15, -0.1) is 0 Å². The summed E-state index contributed by atoms with van der Waals surface area (Å²) in [5, 5.41) is 26.3. The molecule has 0 aliphatic heterocycles. The van der Waals surface area contributed by atoms with Crippen LogP contribution in [0, 0.1) is 5.92 Å². The lowest BCUT2D eigenvalue weighted by atomic mass is 9.97. The standard InChI is InChI=1S/C26H36N6O8/c1-3-13(2)22(25(38)31-19(26(39)40)11-21(34)35)32-24(37)18(8-9-20(28)33)30-23(36)16(27)10-14-12-29-17-7-5-4-6-15(14)17/h4-7,12-13,16,18-19,22,29H,3,8-11,27H2,1-2H3,(H2,28,33)(H,30,36)(H,31,38)(H,32,37)(H,34,35)(H,39,40). The highest BCUT2D eigenvalue weighted by molar-refractivity contribution is 5.95. The molecule has 2 aromatic rings. The quantitative estimate of drug-likeness (QED) is 0.130. The van der Waals surface area contributed by atoms with Crippen LogP contribution >= 0.6 is 0 Å². The Morgan fingerprint density at radius 2 is 1.60 bits per heavy atom. The minimum Gasteiger partial charge on any atom is -0.481 e. The van der Waals surface area contributed by atoms with Crippen molar-refractivity contribution in [2.45, 2.75) is 70.1 Å². The number of fused-ring (bicyclic) bond motifs is 1. The number of para-hydroxylation sites is 1. The zero-order chi connectivity index (χ0) is 30.0. The summed E-state index contributed by atoms with van der Waals surface area (Å²) in [7, 11) is 0. The van der Waals surface area contributed by atoms with E-state index >= 15 is 0 Å². The Balaban J connectivity index is 2.17. The Morgan fingerprint density at radius 3 is 2.20 bits per heavy atom. The van der Waals surface area contributed by atoms with Crippen molar-refractivity contribution >= 4 is 46.5 Å². The van der Waals surface area contributed by atoms with Crippen molar-refractivity contribution in [1.29, 1.82) is 0 Å². The summed E-state index contributed by atoms with van der Waals surface area (Å²) in [6.45, 7) is 3.37. The number of hydrogen-bond donors (Lipinski definition) is 8. The maximum atomic E-state index is 13.2. The molecule has 0 bridgehead atoms. The number of nitrogens with one attached hydrogen (secondary N) is 4. The Morgan fingerprint density at radius 1 is 0.950 bits per heavy atom. The molecule has 5 atom stereocenters. The number of rotatable bonds is 16. The van der Waals surface area contributed by atoms with E-state index in [1.54, 1.807) is 20.0 Å². The van der Waals surface area contributed by atoms with Gasteiger partial charge < -0.3 is 42.6 Å². The van der Waals surface area contributed by atoms with Crippen LogP contribution in [0.4, 0.5) is 0 Å². The maximum Gasteiger partial charge on any atom is 0.326 e. The molecule has 1 aromatic carbocycles. The molecule has 218 valence electrons. The third-order valence-corrected chi connectivity index (χ3v) is 6.55. The smallest absolute Gasteiger partial charge is 0.326 e. The van der Waals surface area contributed by atoms with Gasteiger partial charge in [-0.05, 0) is 30.4 Å². The predicted octanol–water partition coefficient (Wildman–Crippen LogP) is -0.637. The molecule has 4 amide bonds. The zero-order valence-electron chi connectivity index (χ0n) is 22.3. The fraction of sp³-hybridized carbons (Fsp3) is 0.462. The molecular weight excluding hydrogens is 524 g/mol. The van der Waals surface area contributed by atoms with Crippen LogP contribution in [0.2, 0.25) is 0 Å². The lowest BCUT2D eigenvalue weighted by molar-refractivity contribution is -0.147. The summed E-state index contributed by atoms with van der Waals surface area (Å²) < 4.78 is 0. The van der Waals surface area contributed by atoms with Crippen LogP contribution in [0.3, 0.4) is 0 Å². The molecule has 0 radical (unpaired) electrons. The molecular formula is C26H36N6O8. The Kier molecular flexibility index (Phi) is 11.6. The number of amides is 4. The molecule has 14 heteroatoms. The number of hydrogen-bond acceptors (Lipinski definition) is 7. The average molecular weight is 561 g/mol. The summed E-state index contributed by atoms with van der Waals surface area (Å²) in [5.41, 5.74) is 13.0. The molecule has 0 spiro atoms. The number of carbonyl (C=O) groups excluding carboxylic acids is 4. The van der Waals surface area contributed by atoms with Crippen LogP contribution in [-0.2, 0) is 35.2 Å². The van der Waals surface area contributed by atoms with Crippen LogP contribution in [-0.4, -0.2) is 74.9 Å². The normalized spacial score (nSPS) is 14.8. The van der Waals surface area contributed by atoms with Crippen molar-refractivity contribution in [2.75, 3.05) is 0 Å². The number of aliphatic carboxylic acids is 2. The first-order chi connectivity index (χ1) is 18.8. The summed E-state index contributed by atoms with van der Waals surface area (Å²) in [5.74, 6) is -6.61. The van der Waals surface area contributed by atoms with Crippen LogP contribution in [0.25, 0.3) is 10.9 Å². The van der Waals surface area contributed by atoms with E-state index in [4.69, 9.17) is 16.6 Å². The Hall–Kier alpha value is -4.46. The van der Waals surface area contributed by atoms with Gasteiger partial charge in [0.25, 0.3) is 0 Å². The summed E-state index contributed by atoms with van der Waals surface area (Å²) in [6, 6.07) is 2.13. The molecule has 14 nitrogen and oxygen atoms in total. The number of aromatic amines is 1. The van der Waals surface area contributed by atoms with Gasteiger partial charge in [-0.2, -0.15) is 0 Å². The molecule has 0 fully saturated rings. The van der Waals surface area contributed by atoms with Crippen LogP contribution in [0.1, 0.15) is 45.1 Å². The van der Waals surface area contributed by atoms with Gasteiger partial charge in [0.2, 0.25) is 23.6 Å². The maximum absolute atomic E-state index is 13.2. The third-order valence-electron chi connectivity index (χ3n) is 6.55. The van der Waals surface area contributed by atoms with Crippen LogP contribution in [0.5, 0.6) is 0 Å². The van der Waals surface area contributed by atoms with Crippen molar-refractivity contribution < 1.29 is 39.0 Å². The second-order valence-electron chi connectivity index (χ2n) is 9.61. The molecule has 0 aliphatic carbocycles. The van der Waals surface area contributed by atoms with Gasteiger partial charge >= 0.3 is 11.9 Å². The van der Waals surface area contributed by atoms with Crippen LogP contribution < -0.4 is 27.4 Å². The number of carboxylic acid groups (broad SMARTS) is 2. The Bertz CT molecular complexity index is 1240. The largest absolute Gasteiger partial charge is 0.481 e. The van der Waals surface area contributed by atoms with Crippen molar-refractivity contribution in [3.8, 4) is 0 Å². The van der Waals surface area contributed by atoms with E-state index in [1.807, 2.05) is 24.3 Å². The third kappa shape index (κ3) is 9.08. The van der Waals surface area contributed by atoms with Gasteiger partial charge in [0.1, 0.15) is 18.1 Å². The van der Waals surface area contributed by atoms with Gasteiger partial charge in [0.05, 0.1) is 12.5 Å². The monoisotopic (exact) mass is 560 g/mol. The van der Waals surface area contributed by atoms with E-state index in [2.05, 4.69) is 20.9 Å². The number of H-pyrrole nitrogens is 1. The minimum atomic E-state index is -1.72. The van der Waals surface area contributed by atoms with Gasteiger partial charge in [0.15, 0.2) is 0 Å². The molecule has 0 saturated carbocycles. The Labute approximate surface area is 230 Å². The van der Waals surface area contributed by atoms with Crippen molar-refractivity contribution in [2.24, 2.45) is 17.4 Å². The molecule has 10 N–H and O–H groups in total. The van der Waals surface area contributed by atoms with E-state index < -0.39 is 72.1 Å². The predicted molar refractivity (Wildman–Crippen MR) is 144 cm³/mol. The zero-order valence-corrected chi connectivity index (χ0v) is 22.3. The van der Waals surface area contributed by atoms with Crippen molar-refractivity contribution in [3.63, 3.8) is 0 Å². The lowest BCUT2D eigenvalue weighted by Crippen LogP contribution is -2.59. The number of nitrogens with two attached hydrogens (primary N) is 2. The van der Waals surface area contributed by atoms with Crippen molar-refractivity contribution in [1.82, 2.24) is 20.9 Å². The average Bonchev–Trinajstić information content (AvgIpc) is 3.30. The van der Waals surface area contributed by atoms with E-state index in [0.29, 0.717) is 6.42 Å². The lowest BCUT2D eigenvalue weighted by Gasteiger charge is -2.28. The highest BCUT2D eigenvalue weighted by atomic mass is 16.4. The van der Waals surface area contributed by atoms with Crippen molar-refractivity contribution in [3.05, 3.63) is 36.0 Å². The van der Waals surface area contributed by atoms with Gasteiger partial charge in [-0.3, -0.25) is 24.0 Å². The number of primary amides is 1. The molecule has 2 rings (SSSR count). The first-order valence-corrected chi connectivity index (χ1v) is 12.8. The highest BCUT2D eigenvalue weighted by Gasteiger charge is 2.33. The molecule has 5 unspecified atom stereocenters. The molecule has 40 heavy (non-hydrogen) atoms. The van der Waals surface area contributed by atoms with Gasteiger partial charge in [-0.25, -0.2) is 4.79 Å². The topological polar surface area (TPSA) is 247 Å². The van der Waals surface area contributed by atoms with Gasteiger partial charge in [-0.1, -0.05) is 38.5 Å². The van der Waals surface area contributed by atoms with Gasteiger partial charge in [0, 0.05) is 23.5 Å². The second kappa shape index (κ2) is 14.6. The fourth-order valence-corrected chi connectivity index (χ4v) is 4.06. The minimum absolute atomic E-state index is 0.151. The SMILES string of the molecule is CCC(C)C(NC(=O)C(CCC(N)=O)NC(=O)C(N)Cc1c[nH]c2ccccc12)C(=O)NC(CC(=O)O)C(=O)O. The van der Waals surface area contributed by atoms with E-state index in [1.165, 1.54) is 0 Å². The second-order valence-corrected chi connectivity index (χ2v) is 9.61. The summed E-state index contributed by atoms with van der Waals surface area (Å²) in [6.07, 6.45) is 0.974. The van der Waals surface area contributed by atoms with E-state index in [0.717, 1.165) is 16.5 Å². The summed E-state index contributed by atoms with van der Waals surface area (Å²) in [4.78, 5) is 76.0. The number of carbonyl (C=O) groups is 6. The molecule has 1 aromatic heterocycles. The number of carboxylic acids is 2. The molecule has 0 saturated heterocycles. The number of benzene rings is 1. The highest BCUT2D eigenvalue weighted by Crippen LogP contribution is 2.19.